The highest BCUT2D eigenvalue weighted by Crippen LogP contribution is 2.29. The van der Waals surface area contributed by atoms with Gasteiger partial charge in [0.25, 0.3) is 0 Å². The molecule has 1 aliphatic rings. The van der Waals surface area contributed by atoms with E-state index in [1.165, 1.54) is 4.90 Å². The molecule has 0 spiro atoms. The summed E-state index contributed by atoms with van der Waals surface area (Å²) in [6.07, 6.45) is -1.11. The van der Waals surface area contributed by atoms with Gasteiger partial charge in [-0.05, 0) is 91.4 Å². The number of ether oxygens (including phenoxy) is 4. The number of alkyl carbamates (subject to hydrolysis) is 1. The molecule has 4 aromatic rings. The van der Waals surface area contributed by atoms with E-state index in [0.29, 0.717) is 30.0 Å². The number of carbonyl (C=O) groups is 3. The summed E-state index contributed by atoms with van der Waals surface area (Å²) in [5.41, 5.74) is 3.98. The average Bonchev–Trinajstić information content (AvgIpc) is 3.04. The number of nitrogens with one attached hydrogen (secondary N) is 1. The molecule has 2 amide bonds. The Balaban J connectivity index is 1.20. The summed E-state index contributed by atoms with van der Waals surface area (Å²) in [4.78, 5) is 40.4. The van der Waals surface area contributed by atoms with Gasteiger partial charge >= 0.3 is 18.2 Å². The van der Waals surface area contributed by atoms with Crippen molar-refractivity contribution in [2.45, 2.75) is 45.3 Å². The van der Waals surface area contributed by atoms with Crippen molar-refractivity contribution in [3.05, 3.63) is 114 Å². The number of methoxy groups -OCH3 is 1. The molecule has 1 atom stereocenters. The Morgan fingerprint density at radius 3 is 2.13 bits per heavy atom. The Morgan fingerprint density at radius 1 is 0.804 bits per heavy atom. The largest absolute Gasteiger partial charge is 0.497 e. The normalized spacial score (nSPS) is 13.2. The minimum Gasteiger partial charge on any atom is -0.497 e. The molecule has 9 nitrogen and oxygen atoms in total. The molecule has 1 heterocycles. The van der Waals surface area contributed by atoms with E-state index >= 15 is 0 Å². The lowest BCUT2D eigenvalue weighted by atomic mass is 9.96. The van der Waals surface area contributed by atoms with Gasteiger partial charge in [-0.15, -0.1) is 0 Å². The maximum Gasteiger partial charge on any atom is 0.419 e. The van der Waals surface area contributed by atoms with Crippen LogP contribution in [0.1, 0.15) is 43.4 Å². The van der Waals surface area contributed by atoms with Crippen molar-refractivity contribution in [3.63, 3.8) is 0 Å². The molecule has 0 saturated carbocycles. The van der Waals surface area contributed by atoms with Crippen LogP contribution < -0.4 is 14.8 Å². The molecule has 0 aliphatic carbocycles. The van der Waals surface area contributed by atoms with E-state index in [4.69, 9.17) is 18.9 Å². The zero-order valence-electron chi connectivity index (χ0n) is 26.4. The molecule has 9 heteroatoms. The monoisotopic (exact) mass is 622 g/mol. The molecule has 0 saturated heterocycles. The van der Waals surface area contributed by atoms with Crippen molar-refractivity contribution < 1.29 is 33.3 Å². The van der Waals surface area contributed by atoms with E-state index in [1.54, 1.807) is 27.9 Å². The van der Waals surface area contributed by atoms with Crippen LogP contribution in [-0.2, 0) is 27.2 Å². The zero-order valence-corrected chi connectivity index (χ0v) is 26.4. The second kappa shape index (κ2) is 14.2. The van der Waals surface area contributed by atoms with Gasteiger partial charge < -0.3 is 29.2 Å². The lowest BCUT2D eigenvalue weighted by Gasteiger charge is -2.28. The van der Waals surface area contributed by atoms with Crippen LogP contribution in [0.5, 0.6) is 17.2 Å². The summed E-state index contributed by atoms with van der Waals surface area (Å²) in [6.45, 7) is 5.89. The molecule has 0 bridgehead atoms. The second-order valence-corrected chi connectivity index (χ2v) is 12.0. The maximum atomic E-state index is 13.2. The second-order valence-electron chi connectivity index (χ2n) is 12.0. The first-order chi connectivity index (χ1) is 22.1. The maximum absolute atomic E-state index is 13.2. The Bertz CT molecular complexity index is 1660. The van der Waals surface area contributed by atoms with E-state index < -0.39 is 29.7 Å². The lowest BCUT2D eigenvalue weighted by molar-refractivity contribution is -0.156. The zero-order chi connectivity index (χ0) is 32.7. The molecule has 0 fully saturated rings. The smallest absolute Gasteiger partial charge is 0.419 e. The summed E-state index contributed by atoms with van der Waals surface area (Å²) in [7, 11) is 1.60. The van der Waals surface area contributed by atoms with Crippen LogP contribution in [-0.4, -0.2) is 48.9 Å². The number of hydrogen-bond donors (Lipinski definition) is 1. The third-order valence-electron chi connectivity index (χ3n) is 7.49. The van der Waals surface area contributed by atoms with Crippen LogP contribution in [0.2, 0.25) is 0 Å². The molecule has 0 radical (unpaired) electrons. The molecule has 1 N–H and O–H groups in total. The number of benzene rings is 4. The van der Waals surface area contributed by atoms with Crippen molar-refractivity contribution in [3.8, 4) is 28.4 Å². The van der Waals surface area contributed by atoms with Crippen LogP contribution in [0.4, 0.5) is 9.59 Å². The summed E-state index contributed by atoms with van der Waals surface area (Å²) in [6, 6.07) is 30.4. The number of hydrogen-bond acceptors (Lipinski definition) is 7. The third kappa shape index (κ3) is 8.44. The summed E-state index contributed by atoms with van der Waals surface area (Å²) >= 11 is 0. The van der Waals surface area contributed by atoms with Gasteiger partial charge in [0.2, 0.25) is 0 Å². The Morgan fingerprint density at radius 2 is 1.46 bits per heavy atom. The van der Waals surface area contributed by atoms with Crippen LogP contribution in [0.3, 0.4) is 0 Å². The number of esters is 1. The molecule has 46 heavy (non-hydrogen) atoms. The Kier molecular flexibility index (Phi) is 9.91. The summed E-state index contributed by atoms with van der Waals surface area (Å²) in [5, 5.41) is 2.59. The summed E-state index contributed by atoms with van der Waals surface area (Å²) < 4.78 is 22.0. The number of amides is 2. The van der Waals surface area contributed by atoms with Crippen LogP contribution in [0.25, 0.3) is 11.1 Å². The minimum atomic E-state index is -0.943. The molecular formula is C37H38N2O7. The van der Waals surface area contributed by atoms with Gasteiger partial charge in [-0.3, -0.25) is 4.79 Å². The number of fused-ring (bicyclic) bond motifs is 1. The number of nitrogens with zero attached hydrogens (tertiary/aromatic N) is 1. The van der Waals surface area contributed by atoms with Gasteiger partial charge in [0.05, 0.1) is 13.0 Å². The number of carbonyl (C=O) groups excluding carboxylic acids is 3. The minimum absolute atomic E-state index is 0.111. The highest BCUT2D eigenvalue weighted by Gasteiger charge is 2.29. The van der Waals surface area contributed by atoms with Crippen LogP contribution >= 0.6 is 0 Å². The van der Waals surface area contributed by atoms with Crippen molar-refractivity contribution in [1.82, 2.24) is 10.2 Å². The Hall–Kier alpha value is -5.31. The molecule has 1 unspecified atom stereocenters. The topological polar surface area (TPSA) is 103 Å². The Labute approximate surface area is 269 Å². The third-order valence-corrected chi connectivity index (χ3v) is 7.49. The fraction of sp³-hybridized carbons (Fsp3) is 0.270. The first-order valence-corrected chi connectivity index (χ1v) is 15.1. The standard InChI is InChI=1S/C37H38N2O7/c1-37(2,3)46-34(40)33(28-12-10-26(11-13-28)25-8-6-5-7-9-25)23-38-35(41)45-36(42)39-21-20-27-14-15-32(22-29(27)24-39)44-31-18-16-30(43-4)17-19-31/h5-19,22,33H,20-21,23-24H2,1-4H3,(H,38,41). The van der Waals surface area contributed by atoms with Gasteiger partial charge in [-0.1, -0.05) is 60.7 Å². The van der Waals surface area contributed by atoms with E-state index in [0.717, 1.165) is 28.0 Å². The fourth-order valence-electron chi connectivity index (χ4n) is 5.15. The molecule has 238 valence electrons. The van der Waals surface area contributed by atoms with Crippen LogP contribution in [0, 0.1) is 0 Å². The van der Waals surface area contributed by atoms with Gasteiger partial charge in [0.1, 0.15) is 22.8 Å². The molecule has 4 aromatic carbocycles. The van der Waals surface area contributed by atoms with E-state index in [2.05, 4.69) is 5.32 Å². The van der Waals surface area contributed by atoms with E-state index in [9.17, 15) is 14.4 Å². The van der Waals surface area contributed by atoms with Crippen molar-refractivity contribution in [2.75, 3.05) is 20.2 Å². The van der Waals surface area contributed by atoms with Crippen molar-refractivity contribution in [1.29, 1.82) is 0 Å². The SMILES string of the molecule is COc1ccc(Oc2ccc3c(c2)CN(C(=O)OC(=O)NCC(C(=O)OC(C)(C)C)c2ccc(-c4ccccc4)cc2)CC3)cc1. The highest BCUT2D eigenvalue weighted by molar-refractivity contribution is 5.85. The quantitative estimate of drug-likeness (QED) is 0.160. The van der Waals surface area contributed by atoms with Crippen LogP contribution in [0.15, 0.2) is 97.1 Å². The van der Waals surface area contributed by atoms with Gasteiger partial charge in [-0.2, -0.15) is 0 Å². The van der Waals surface area contributed by atoms with E-state index in [1.807, 2.05) is 97.1 Å². The van der Waals surface area contributed by atoms with Gasteiger partial charge in [0, 0.05) is 19.6 Å². The molecule has 0 aromatic heterocycles. The van der Waals surface area contributed by atoms with Gasteiger partial charge in [-0.25, -0.2) is 9.59 Å². The summed E-state index contributed by atoms with van der Waals surface area (Å²) in [5.74, 6) is 0.710. The predicted octanol–water partition coefficient (Wildman–Crippen LogP) is 7.48. The molecular weight excluding hydrogens is 584 g/mol. The molecule has 5 rings (SSSR count). The lowest BCUT2D eigenvalue weighted by Crippen LogP contribution is -2.41. The highest BCUT2D eigenvalue weighted by atomic mass is 16.6. The predicted molar refractivity (Wildman–Crippen MR) is 174 cm³/mol. The fourth-order valence-corrected chi connectivity index (χ4v) is 5.15. The number of rotatable bonds is 8. The van der Waals surface area contributed by atoms with Gasteiger partial charge in [0.15, 0.2) is 0 Å². The molecule has 1 aliphatic heterocycles. The average molecular weight is 623 g/mol. The van der Waals surface area contributed by atoms with Crippen molar-refractivity contribution >= 4 is 18.2 Å². The van der Waals surface area contributed by atoms with Crippen molar-refractivity contribution in [2.24, 2.45) is 0 Å². The first kappa shape index (κ1) is 32.1. The first-order valence-electron chi connectivity index (χ1n) is 15.1. The van der Waals surface area contributed by atoms with E-state index in [-0.39, 0.29) is 13.1 Å².